The smallest absolute Gasteiger partial charge is 0.240 e. The summed E-state index contributed by atoms with van der Waals surface area (Å²) in [5.74, 6) is 0.368. The summed E-state index contributed by atoms with van der Waals surface area (Å²) in [6.07, 6.45) is 0. The lowest BCUT2D eigenvalue weighted by atomic mass is 10.0. The van der Waals surface area contributed by atoms with E-state index in [1.165, 1.54) is 0 Å². The minimum absolute atomic E-state index is 0.0579. The van der Waals surface area contributed by atoms with Crippen LogP contribution in [0.1, 0.15) is 19.5 Å². The number of anilines is 1. The SMILES string of the molecule is Cc1cc2nc(-c3ccccc3)cc(N[C@H](C(N)=O)C(C)C)n2n1. The molecule has 0 radical (unpaired) electrons. The van der Waals surface area contributed by atoms with E-state index in [-0.39, 0.29) is 11.8 Å². The van der Waals surface area contributed by atoms with E-state index in [4.69, 9.17) is 5.73 Å². The molecular weight excluding hydrogens is 302 g/mol. The molecule has 0 aliphatic heterocycles. The fraction of sp³-hybridized carbons (Fsp3) is 0.278. The Morgan fingerprint density at radius 2 is 1.92 bits per heavy atom. The van der Waals surface area contributed by atoms with E-state index < -0.39 is 6.04 Å². The van der Waals surface area contributed by atoms with Crippen LogP contribution in [0.3, 0.4) is 0 Å². The van der Waals surface area contributed by atoms with Crippen molar-refractivity contribution in [1.82, 2.24) is 14.6 Å². The summed E-state index contributed by atoms with van der Waals surface area (Å²) in [5, 5.41) is 7.69. The molecule has 1 aromatic carbocycles. The maximum absolute atomic E-state index is 11.8. The highest BCUT2D eigenvalue weighted by Crippen LogP contribution is 2.23. The van der Waals surface area contributed by atoms with Crippen LogP contribution in [0.15, 0.2) is 42.5 Å². The van der Waals surface area contributed by atoms with Crippen LogP contribution in [0, 0.1) is 12.8 Å². The van der Waals surface area contributed by atoms with Gasteiger partial charge in [0.25, 0.3) is 0 Å². The number of fused-ring (bicyclic) bond motifs is 1. The molecule has 2 heterocycles. The predicted molar refractivity (Wildman–Crippen MR) is 94.6 cm³/mol. The quantitative estimate of drug-likeness (QED) is 0.756. The third-order valence-corrected chi connectivity index (χ3v) is 3.90. The molecule has 0 aliphatic carbocycles. The number of benzene rings is 1. The maximum Gasteiger partial charge on any atom is 0.240 e. The van der Waals surface area contributed by atoms with Gasteiger partial charge >= 0.3 is 0 Å². The third kappa shape index (κ3) is 3.08. The zero-order valence-corrected chi connectivity index (χ0v) is 14.0. The van der Waals surface area contributed by atoms with Gasteiger partial charge in [0.05, 0.1) is 11.4 Å². The number of primary amides is 1. The Morgan fingerprint density at radius 1 is 1.21 bits per heavy atom. The summed E-state index contributed by atoms with van der Waals surface area (Å²) in [6.45, 7) is 5.81. The molecule has 0 unspecified atom stereocenters. The van der Waals surface area contributed by atoms with E-state index in [2.05, 4.69) is 15.4 Å². The van der Waals surface area contributed by atoms with Crippen molar-refractivity contribution in [3.63, 3.8) is 0 Å². The lowest BCUT2D eigenvalue weighted by Crippen LogP contribution is -2.40. The number of carbonyl (C=O) groups excluding carboxylic acids is 1. The van der Waals surface area contributed by atoms with E-state index in [0.717, 1.165) is 22.6 Å². The van der Waals surface area contributed by atoms with Crippen LogP contribution in [0.4, 0.5) is 5.82 Å². The number of nitrogens with zero attached hydrogens (tertiary/aromatic N) is 3. The first-order valence-electron chi connectivity index (χ1n) is 7.94. The van der Waals surface area contributed by atoms with Crippen LogP contribution in [-0.2, 0) is 4.79 Å². The second kappa shape index (κ2) is 6.31. The van der Waals surface area contributed by atoms with E-state index in [1.54, 1.807) is 4.52 Å². The van der Waals surface area contributed by atoms with E-state index >= 15 is 0 Å². The fourth-order valence-electron chi connectivity index (χ4n) is 2.67. The number of nitrogens with one attached hydrogen (secondary N) is 1. The van der Waals surface area contributed by atoms with Gasteiger partial charge < -0.3 is 11.1 Å². The Kier molecular flexibility index (Phi) is 4.20. The summed E-state index contributed by atoms with van der Waals surface area (Å²) in [6, 6.07) is 13.2. The van der Waals surface area contributed by atoms with Crippen molar-refractivity contribution in [3.05, 3.63) is 48.2 Å². The van der Waals surface area contributed by atoms with Crippen molar-refractivity contribution in [2.75, 3.05) is 5.32 Å². The Morgan fingerprint density at radius 3 is 2.54 bits per heavy atom. The molecule has 0 fully saturated rings. The topological polar surface area (TPSA) is 85.3 Å². The summed E-state index contributed by atoms with van der Waals surface area (Å²) in [5.41, 5.74) is 8.94. The number of aryl methyl sites for hydroxylation is 1. The largest absolute Gasteiger partial charge is 0.368 e. The van der Waals surface area contributed by atoms with Crippen LogP contribution in [0.2, 0.25) is 0 Å². The highest BCUT2D eigenvalue weighted by Gasteiger charge is 2.21. The number of amides is 1. The highest BCUT2D eigenvalue weighted by atomic mass is 16.1. The van der Waals surface area contributed by atoms with Crippen molar-refractivity contribution in [2.45, 2.75) is 26.8 Å². The van der Waals surface area contributed by atoms with Gasteiger partial charge in [-0.3, -0.25) is 4.79 Å². The van der Waals surface area contributed by atoms with Crippen molar-refractivity contribution < 1.29 is 4.79 Å². The molecule has 1 atom stereocenters. The van der Waals surface area contributed by atoms with E-state index in [0.29, 0.717) is 5.82 Å². The summed E-state index contributed by atoms with van der Waals surface area (Å²) in [7, 11) is 0. The molecule has 0 saturated carbocycles. The van der Waals surface area contributed by atoms with Gasteiger partial charge in [-0.15, -0.1) is 0 Å². The molecule has 124 valence electrons. The van der Waals surface area contributed by atoms with Gasteiger partial charge in [-0.25, -0.2) is 4.98 Å². The van der Waals surface area contributed by atoms with E-state index in [9.17, 15) is 4.79 Å². The molecule has 3 aromatic rings. The van der Waals surface area contributed by atoms with Gasteiger partial charge in [-0.1, -0.05) is 44.2 Å². The number of aromatic nitrogens is 3. The third-order valence-electron chi connectivity index (χ3n) is 3.90. The summed E-state index contributed by atoms with van der Waals surface area (Å²) < 4.78 is 1.71. The molecule has 0 saturated heterocycles. The van der Waals surface area contributed by atoms with Gasteiger partial charge in [0.15, 0.2) is 5.65 Å². The summed E-state index contributed by atoms with van der Waals surface area (Å²) in [4.78, 5) is 16.4. The number of hydrogen-bond acceptors (Lipinski definition) is 4. The minimum atomic E-state index is -0.483. The average Bonchev–Trinajstić information content (AvgIpc) is 2.92. The molecule has 0 spiro atoms. The van der Waals surface area contributed by atoms with Crippen molar-refractivity contribution in [2.24, 2.45) is 11.7 Å². The standard InChI is InChI=1S/C18H21N5O/c1-11(2)17(18(19)24)21-16-10-14(13-7-5-4-6-8-13)20-15-9-12(3)22-23(15)16/h4-11,17,21H,1-3H3,(H2,19,24)/t17-/m0/s1. The zero-order chi connectivity index (χ0) is 17.3. The van der Waals surface area contributed by atoms with Gasteiger partial charge in [-0.05, 0) is 12.8 Å². The van der Waals surface area contributed by atoms with Crippen LogP contribution >= 0.6 is 0 Å². The van der Waals surface area contributed by atoms with Crippen molar-refractivity contribution in [3.8, 4) is 11.3 Å². The van der Waals surface area contributed by atoms with Crippen LogP contribution < -0.4 is 11.1 Å². The Hall–Kier alpha value is -2.89. The molecule has 6 nitrogen and oxygen atoms in total. The van der Waals surface area contributed by atoms with Crippen LogP contribution in [-0.4, -0.2) is 26.5 Å². The first-order chi connectivity index (χ1) is 11.5. The Bertz CT molecular complexity index is 870. The molecule has 3 rings (SSSR count). The molecule has 2 aromatic heterocycles. The van der Waals surface area contributed by atoms with Crippen LogP contribution in [0.25, 0.3) is 16.9 Å². The molecule has 1 amide bonds. The minimum Gasteiger partial charge on any atom is -0.368 e. The maximum atomic E-state index is 11.8. The fourth-order valence-corrected chi connectivity index (χ4v) is 2.67. The summed E-state index contributed by atoms with van der Waals surface area (Å²) >= 11 is 0. The average molecular weight is 323 g/mol. The number of hydrogen-bond donors (Lipinski definition) is 2. The van der Waals surface area contributed by atoms with Crippen LogP contribution in [0.5, 0.6) is 0 Å². The molecule has 3 N–H and O–H groups in total. The molecule has 24 heavy (non-hydrogen) atoms. The number of rotatable bonds is 5. The van der Waals surface area contributed by atoms with Crippen molar-refractivity contribution in [1.29, 1.82) is 0 Å². The highest BCUT2D eigenvalue weighted by molar-refractivity contribution is 5.83. The van der Waals surface area contributed by atoms with Gasteiger partial charge in [-0.2, -0.15) is 9.61 Å². The predicted octanol–water partition coefficient (Wildman–Crippen LogP) is 2.63. The Labute approximate surface area is 140 Å². The zero-order valence-electron chi connectivity index (χ0n) is 14.0. The van der Waals surface area contributed by atoms with Crippen molar-refractivity contribution >= 4 is 17.4 Å². The lowest BCUT2D eigenvalue weighted by molar-refractivity contribution is -0.119. The van der Waals surface area contributed by atoms with E-state index in [1.807, 2.05) is 63.2 Å². The second-order valence-corrected chi connectivity index (χ2v) is 6.22. The lowest BCUT2D eigenvalue weighted by Gasteiger charge is -2.21. The molecule has 0 aliphatic rings. The number of nitrogens with two attached hydrogens (primary N) is 1. The normalized spacial score (nSPS) is 12.5. The van der Waals surface area contributed by atoms with Gasteiger partial charge in [0, 0.05) is 17.7 Å². The monoisotopic (exact) mass is 323 g/mol. The molecule has 0 bridgehead atoms. The second-order valence-electron chi connectivity index (χ2n) is 6.22. The molecular formula is C18H21N5O. The Balaban J connectivity index is 2.13. The number of carbonyl (C=O) groups is 1. The molecule has 6 heteroatoms. The first kappa shape index (κ1) is 16.0. The van der Waals surface area contributed by atoms with Gasteiger partial charge in [0.2, 0.25) is 5.91 Å². The first-order valence-corrected chi connectivity index (χ1v) is 7.94. The van der Waals surface area contributed by atoms with Gasteiger partial charge in [0.1, 0.15) is 11.9 Å².